The molecule has 1 aliphatic heterocycles. The fourth-order valence-electron chi connectivity index (χ4n) is 3.66. The SMILES string of the molecule is CCOC(=O)[C@H](CCSC)N=[P+]([O-])Oc1ccccc1OC[C@@]1(N=[N+]=[N-])O[C@@H](n2ccc(N)nc2=O)[C@H](O)[C@@H]1O. The molecule has 1 aliphatic rings. The molecule has 4 N–H and O–H groups in total. The molecule has 1 aromatic heterocycles. The highest BCUT2D eigenvalue weighted by molar-refractivity contribution is 7.98. The maximum Gasteiger partial charge on any atom is 0.395 e. The molecule has 2 heterocycles. The number of anilines is 1. The van der Waals surface area contributed by atoms with Crippen LogP contribution in [0.1, 0.15) is 19.6 Å². The minimum atomic E-state index is -2.75. The van der Waals surface area contributed by atoms with Gasteiger partial charge in [0, 0.05) is 11.1 Å². The zero-order valence-electron chi connectivity index (χ0n) is 21.5. The van der Waals surface area contributed by atoms with E-state index in [9.17, 15) is 24.7 Å². The van der Waals surface area contributed by atoms with Crippen molar-refractivity contribution in [3.63, 3.8) is 0 Å². The molecule has 1 aromatic carbocycles. The van der Waals surface area contributed by atoms with Gasteiger partial charge in [-0.2, -0.15) is 16.7 Å². The summed E-state index contributed by atoms with van der Waals surface area (Å²) in [6.07, 6.45) is -1.71. The molecule has 1 fully saturated rings. The summed E-state index contributed by atoms with van der Waals surface area (Å²) in [6.45, 7) is 1.13. The summed E-state index contributed by atoms with van der Waals surface area (Å²) in [5.74, 6) is -0.172. The lowest BCUT2D eigenvalue weighted by molar-refractivity contribution is -0.170. The topological polar surface area (TPSA) is 240 Å². The lowest BCUT2D eigenvalue weighted by Crippen LogP contribution is -2.46. The van der Waals surface area contributed by atoms with Crippen molar-refractivity contribution in [2.45, 2.75) is 43.5 Å². The van der Waals surface area contributed by atoms with Crippen LogP contribution in [0.25, 0.3) is 10.4 Å². The number of hydrogen-bond acceptors (Lipinski definition) is 14. The Labute approximate surface area is 233 Å². The smallest absolute Gasteiger partial charge is 0.395 e. The van der Waals surface area contributed by atoms with Crippen molar-refractivity contribution >= 4 is 31.7 Å². The van der Waals surface area contributed by atoms with E-state index in [0.717, 1.165) is 4.57 Å². The molecule has 0 bridgehead atoms. The number of aliphatic hydroxyl groups is 2. The van der Waals surface area contributed by atoms with Crippen molar-refractivity contribution in [1.82, 2.24) is 9.55 Å². The summed E-state index contributed by atoms with van der Waals surface area (Å²) in [5.41, 5.74) is 11.6. The molecule has 1 unspecified atom stereocenters. The molecule has 0 spiro atoms. The van der Waals surface area contributed by atoms with Crippen LogP contribution in [0.15, 0.2) is 51.2 Å². The Morgan fingerprint density at radius 1 is 1.40 bits per heavy atom. The van der Waals surface area contributed by atoms with Gasteiger partial charge in [-0.1, -0.05) is 22.0 Å². The van der Waals surface area contributed by atoms with Crippen LogP contribution in [0.4, 0.5) is 5.82 Å². The van der Waals surface area contributed by atoms with Gasteiger partial charge in [-0.3, -0.25) is 9.09 Å². The molecule has 0 amide bonds. The van der Waals surface area contributed by atoms with Gasteiger partial charge in [0.1, 0.15) is 24.6 Å². The van der Waals surface area contributed by atoms with Crippen LogP contribution in [-0.2, 0) is 14.3 Å². The number of rotatable bonds is 13. The number of azide groups is 1. The van der Waals surface area contributed by atoms with Crippen molar-refractivity contribution in [1.29, 1.82) is 0 Å². The molecule has 1 saturated heterocycles. The highest BCUT2D eigenvalue weighted by Crippen LogP contribution is 2.40. The van der Waals surface area contributed by atoms with Crippen molar-refractivity contribution in [2.75, 3.05) is 31.0 Å². The second-order valence-electron chi connectivity index (χ2n) is 8.25. The van der Waals surface area contributed by atoms with Crippen LogP contribution in [0.5, 0.6) is 11.5 Å². The summed E-state index contributed by atoms with van der Waals surface area (Å²) >= 11 is 1.49. The Bertz CT molecular complexity index is 1330. The Morgan fingerprint density at radius 3 is 2.77 bits per heavy atom. The number of thioether (sulfide) groups is 1. The summed E-state index contributed by atoms with van der Waals surface area (Å²) < 4.78 is 26.7. The number of nitrogen functional groups attached to an aromatic ring is 1. The molecule has 40 heavy (non-hydrogen) atoms. The number of hydrogen-bond donors (Lipinski definition) is 3. The Balaban J connectivity index is 1.82. The number of ether oxygens (including phenoxy) is 3. The maximum absolute atomic E-state index is 12.7. The minimum Gasteiger partial charge on any atom is -0.575 e. The van der Waals surface area contributed by atoms with E-state index in [1.165, 1.54) is 36.2 Å². The average molecular weight is 598 g/mol. The number of carbonyl (C=O) groups excluding carboxylic acids is 1. The van der Waals surface area contributed by atoms with Crippen LogP contribution < -0.4 is 25.6 Å². The molecule has 3 rings (SSSR count). The first kappa shape index (κ1) is 31.1. The molecule has 18 heteroatoms. The third-order valence-electron chi connectivity index (χ3n) is 5.59. The highest BCUT2D eigenvalue weighted by atomic mass is 32.2. The first-order chi connectivity index (χ1) is 19.2. The van der Waals surface area contributed by atoms with E-state index in [1.54, 1.807) is 19.1 Å². The van der Waals surface area contributed by atoms with Gasteiger partial charge in [0.05, 0.1) is 6.61 Å². The second-order valence-corrected chi connectivity index (χ2v) is 10.1. The van der Waals surface area contributed by atoms with Crippen LogP contribution in [0, 0.1) is 0 Å². The number of carbonyl (C=O) groups is 1. The molecular formula is C22H28N7O9PS. The van der Waals surface area contributed by atoms with Gasteiger partial charge in [0.15, 0.2) is 18.0 Å². The maximum atomic E-state index is 12.7. The summed E-state index contributed by atoms with van der Waals surface area (Å²) in [7, 11) is -2.75. The number of aromatic nitrogens is 2. The lowest BCUT2D eigenvalue weighted by atomic mass is 10.1. The fraction of sp³-hybridized carbons (Fsp3) is 0.500. The molecule has 6 atom stereocenters. The first-order valence-corrected chi connectivity index (χ1v) is 14.4. The highest BCUT2D eigenvalue weighted by Gasteiger charge is 2.56. The van der Waals surface area contributed by atoms with Gasteiger partial charge in [-0.05, 0) is 49.1 Å². The molecule has 0 saturated carbocycles. The van der Waals surface area contributed by atoms with E-state index in [4.69, 9.17) is 30.0 Å². The summed E-state index contributed by atoms with van der Waals surface area (Å²) in [5, 5.41) is 24.9. The first-order valence-electron chi connectivity index (χ1n) is 11.8. The quantitative estimate of drug-likeness (QED) is 0.0966. The van der Waals surface area contributed by atoms with Gasteiger partial charge in [-0.15, -0.1) is 0 Å². The van der Waals surface area contributed by atoms with E-state index >= 15 is 0 Å². The second kappa shape index (κ2) is 14.3. The zero-order chi connectivity index (χ0) is 29.3. The lowest BCUT2D eigenvalue weighted by Gasteiger charge is -2.26. The molecule has 216 valence electrons. The van der Waals surface area contributed by atoms with Crippen molar-refractivity contribution in [3.8, 4) is 11.5 Å². The number of benzene rings is 1. The third-order valence-corrected chi connectivity index (χ3v) is 7.05. The van der Waals surface area contributed by atoms with E-state index in [2.05, 4.69) is 19.8 Å². The molecule has 2 aromatic rings. The monoisotopic (exact) mass is 597 g/mol. The van der Waals surface area contributed by atoms with Crippen LogP contribution in [-0.4, -0.2) is 74.9 Å². The number of nitrogens with zero attached hydrogens (tertiary/aromatic N) is 6. The van der Waals surface area contributed by atoms with E-state index in [1.807, 2.05) is 6.26 Å². The number of nitrogens with two attached hydrogens (primary N) is 1. The average Bonchev–Trinajstić information content (AvgIpc) is 3.16. The molecular weight excluding hydrogens is 569 g/mol. The Hall–Kier alpha value is -3.43. The number of aliphatic hydroxyl groups excluding tert-OH is 2. The van der Waals surface area contributed by atoms with Gasteiger partial charge >= 0.3 is 19.8 Å². The molecule has 0 aliphatic carbocycles. The Morgan fingerprint density at radius 2 is 2.12 bits per heavy atom. The summed E-state index contributed by atoms with van der Waals surface area (Å²) in [4.78, 5) is 43.4. The number of para-hydroxylation sites is 2. The summed E-state index contributed by atoms with van der Waals surface area (Å²) in [6, 6.07) is 6.26. The van der Waals surface area contributed by atoms with Crippen molar-refractivity contribution in [3.05, 3.63) is 57.5 Å². The van der Waals surface area contributed by atoms with Gasteiger partial charge < -0.3 is 35.1 Å². The van der Waals surface area contributed by atoms with E-state index < -0.39 is 56.6 Å². The Kier molecular flexibility index (Phi) is 11.1. The molecule has 0 radical (unpaired) electrons. The largest absolute Gasteiger partial charge is 0.575 e. The van der Waals surface area contributed by atoms with E-state index in [-0.39, 0.29) is 23.9 Å². The fourth-order valence-corrected chi connectivity index (χ4v) is 4.92. The normalized spacial score (nSPS) is 23.2. The van der Waals surface area contributed by atoms with Crippen LogP contribution in [0.2, 0.25) is 0 Å². The molecule has 16 nitrogen and oxygen atoms in total. The number of esters is 1. The van der Waals surface area contributed by atoms with Gasteiger partial charge in [0.25, 0.3) is 0 Å². The minimum absolute atomic E-state index is 0.00887. The van der Waals surface area contributed by atoms with Crippen LogP contribution >= 0.6 is 19.9 Å². The van der Waals surface area contributed by atoms with Crippen molar-refractivity contribution in [2.24, 2.45) is 9.86 Å². The van der Waals surface area contributed by atoms with Crippen LogP contribution in [0.3, 0.4) is 0 Å². The third kappa shape index (κ3) is 7.40. The van der Waals surface area contributed by atoms with Crippen molar-refractivity contribution < 1.29 is 38.6 Å². The predicted octanol–water partition coefficient (Wildman–Crippen LogP) is 1.08. The predicted molar refractivity (Wildman–Crippen MR) is 142 cm³/mol. The van der Waals surface area contributed by atoms with Gasteiger partial charge in [-0.25, -0.2) is 9.59 Å². The van der Waals surface area contributed by atoms with Gasteiger partial charge in [0.2, 0.25) is 11.5 Å². The zero-order valence-corrected chi connectivity index (χ0v) is 23.2. The standard InChI is InChI=1S/C22H28N7O9PS/c1-3-35-20(32)13(9-11-40-2)26-39(34)38-15-7-5-4-6-14(15)36-12-22(27-28-24)18(31)17(30)19(37-22)29-10-8-16(23)25-21(29)33/h4-8,10,13,17-19,30-31H,3,9,11-12H2,1-2H3,(H2,23,25,33)/t13-,17+,18-,19+,22+/m0/s1. The van der Waals surface area contributed by atoms with E-state index in [0.29, 0.717) is 12.2 Å².